The smallest absolute Gasteiger partial charge is 0.449 e. The van der Waals surface area contributed by atoms with E-state index in [1.165, 1.54) is 0 Å². The van der Waals surface area contributed by atoms with Crippen LogP contribution in [-0.2, 0) is 19.0 Å². The molecule has 3 atom stereocenters. The van der Waals surface area contributed by atoms with Crippen molar-refractivity contribution in [2.24, 2.45) is 5.92 Å². The number of esters is 1. The van der Waals surface area contributed by atoms with Crippen LogP contribution in [0.25, 0.3) is 0 Å². The van der Waals surface area contributed by atoms with E-state index in [0.717, 1.165) is 12.5 Å². The second-order valence-electron chi connectivity index (χ2n) is 6.69. The van der Waals surface area contributed by atoms with Gasteiger partial charge in [-0.2, -0.15) is 22.0 Å². The van der Waals surface area contributed by atoms with Gasteiger partial charge in [0, 0.05) is 6.08 Å². The molecule has 0 radical (unpaired) electrons. The highest BCUT2D eigenvalue weighted by Crippen LogP contribution is 2.55. The Morgan fingerprint density at radius 3 is 2.35 bits per heavy atom. The van der Waals surface area contributed by atoms with E-state index in [0.29, 0.717) is 32.6 Å². The maximum absolute atomic E-state index is 14.9. The van der Waals surface area contributed by atoms with E-state index in [1.807, 2.05) is 0 Å². The topological polar surface area (TPSA) is 65.0 Å². The molecule has 10 heteroatoms. The zero-order valence-corrected chi connectivity index (χ0v) is 14.2. The van der Waals surface area contributed by atoms with Gasteiger partial charge in [0.25, 0.3) is 0 Å². The molecular formula is C16H21F5O5. The maximum atomic E-state index is 14.9. The summed E-state index contributed by atoms with van der Waals surface area (Å²) in [6.07, 6.45) is -3.91. The van der Waals surface area contributed by atoms with E-state index in [4.69, 9.17) is 9.47 Å². The minimum absolute atomic E-state index is 0.370. The van der Waals surface area contributed by atoms with Gasteiger partial charge in [0.05, 0.1) is 0 Å². The summed E-state index contributed by atoms with van der Waals surface area (Å²) in [5.41, 5.74) is -2.95. The van der Waals surface area contributed by atoms with Crippen LogP contribution in [0.3, 0.4) is 0 Å². The highest BCUT2D eigenvalue weighted by atomic mass is 19.4. The van der Waals surface area contributed by atoms with Gasteiger partial charge in [0.15, 0.2) is 12.4 Å². The van der Waals surface area contributed by atoms with Crippen LogP contribution in [-0.4, -0.2) is 47.5 Å². The summed E-state index contributed by atoms with van der Waals surface area (Å²) < 4.78 is 83.2. The molecule has 0 aromatic rings. The molecule has 5 nitrogen and oxygen atoms in total. The summed E-state index contributed by atoms with van der Waals surface area (Å²) in [4.78, 5) is 11.7. The van der Waals surface area contributed by atoms with Crippen LogP contribution < -0.4 is 0 Å². The third-order valence-corrected chi connectivity index (χ3v) is 5.09. The van der Waals surface area contributed by atoms with Crippen LogP contribution in [0, 0.1) is 5.92 Å². The molecular weight excluding hydrogens is 367 g/mol. The molecule has 0 spiro atoms. The third-order valence-electron chi connectivity index (χ3n) is 5.09. The van der Waals surface area contributed by atoms with E-state index in [1.54, 1.807) is 0 Å². The van der Waals surface area contributed by atoms with Gasteiger partial charge in [-0.05, 0) is 25.7 Å². The zero-order valence-electron chi connectivity index (χ0n) is 14.2. The average molecular weight is 388 g/mol. The number of halogens is 5. The van der Waals surface area contributed by atoms with Crippen LogP contribution >= 0.6 is 0 Å². The van der Waals surface area contributed by atoms with E-state index >= 15 is 0 Å². The number of carbonyl (C=O) groups is 1. The monoisotopic (exact) mass is 388 g/mol. The standard InChI is InChI=1S/C16H21F5O5/c1-3-11(22)26-12(10-7-5-4-6-8-10)13(2)14(17,18)15(23,16(19,20)21)25-9-24-13/h3,10,12,23H,1,4-9H2,2H3. The van der Waals surface area contributed by atoms with Crippen molar-refractivity contribution in [3.05, 3.63) is 12.7 Å². The Kier molecular flexibility index (Phi) is 5.70. The van der Waals surface area contributed by atoms with Crippen molar-refractivity contribution in [1.29, 1.82) is 0 Å². The number of hydrogen-bond donors (Lipinski definition) is 1. The largest absolute Gasteiger partial charge is 0.456 e. The molecule has 0 amide bonds. The molecule has 0 aromatic heterocycles. The SMILES string of the molecule is C=CC(=O)OC(C1CCCCC1)C1(C)OCOC(O)(C(F)(F)F)C1(F)F. The Morgan fingerprint density at radius 2 is 1.85 bits per heavy atom. The normalized spacial score (nSPS) is 34.1. The van der Waals surface area contributed by atoms with E-state index < -0.39 is 48.3 Å². The predicted molar refractivity (Wildman–Crippen MR) is 78.0 cm³/mol. The third kappa shape index (κ3) is 3.22. The molecule has 2 aliphatic rings. The van der Waals surface area contributed by atoms with E-state index in [-0.39, 0.29) is 0 Å². The summed E-state index contributed by atoms with van der Waals surface area (Å²) in [5.74, 6) is -11.4. The molecule has 3 unspecified atom stereocenters. The summed E-state index contributed by atoms with van der Waals surface area (Å²) in [6.45, 7) is 2.63. The number of carbonyl (C=O) groups excluding carboxylic acids is 1. The lowest BCUT2D eigenvalue weighted by Crippen LogP contribution is -2.76. The second kappa shape index (κ2) is 7.05. The molecule has 1 heterocycles. The molecule has 1 N–H and O–H groups in total. The van der Waals surface area contributed by atoms with Crippen LogP contribution in [0.2, 0.25) is 0 Å². The fourth-order valence-electron chi connectivity index (χ4n) is 3.54. The van der Waals surface area contributed by atoms with Crippen molar-refractivity contribution in [1.82, 2.24) is 0 Å². The van der Waals surface area contributed by atoms with Gasteiger partial charge >= 0.3 is 23.9 Å². The molecule has 26 heavy (non-hydrogen) atoms. The van der Waals surface area contributed by atoms with Crippen molar-refractivity contribution in [2.75, 3.05) is 6.79 Å². The highest BCUT2D eigenvalue weighted by molar-refractivity contribution is 5.81. The lowest BCUT2D eigenvalue weighted by molar-refractivity contribution is -0.507. The van der Waals surface area contributed by atoms with Crippen molar-refractivity contribution in [3.8, 4) is 0 Å². The number of hydrogen-bond acceptors (Lipinski definition) is 5. The first-order valence-electron chi connectivity index (χ1n) is 8.18. The number of rotatable bonds is 4. The van der Waals surface area contributed by atoms with E-state index in [9.17, 15) is 31.9 Å². The number of ether oxygens (including phenoxy) is 3. The molecule has 0 aromatic carbocycles. The summed E-state index contributed by atoms with van der Waals surface area (Å²) in [7, 11) is 0. The zero-order chi connectivity index (χ0) is 19.8. The molecule has 2 rings (SSSR count). The van der Waals surface area contributed by atoms with Gasteiger partial charge in [0.2, 0.25) is 0 Å². The molecule has 1 saturated carbocycles. The Balaban J connectivity index is 2.49. The fourth-order valence-corrected chi connectivity index (χ4v) is 3.54. The summed E-state index contributed by atoms with van der Waals surface area (Å²) >= 11 is 0. The van der Waals surface area contributed by atoms with Gasteiger partial charge in [-0.15, -0.1) is 0 Å². The van der Waals surface area contributed by atoms with Crippen LogP contribution in [0.4, 0.5) is 22.0 Å². The van der Waals surface area contributed by atoms with Gasteiger partial charge in [-0.1, -0.05) is 25.8 Å². The van der Waals surface area contributed by atoms with Crippen LogP contribution in [0.1, 0.15) is 39.0 Å². The highest BCUT2D eigenvalue weighted by Gasteiger charge is 2.81. The van der Waals surface area contributed by atoms with Crippen LogP contribution in [0.15, 0.2) is 12.7 Å². The lowest BCUT2D eigenvalue weighted by atomic mass is 9.74. The Labute approximate surface area is 147 Å². The first kappa shape index (κ1) is 21.0. The molecule has 1 aliphatic heterocycles. The maximum Gasteiger partial charge on any atom is 0.449 e. The second-order valence-corrected chi connectivity index (χ2v) is 6.69. The Morgan fingerprint density at radius 1 is 1.27 bits per heavy atom. The average Bonchev–Trinajstić information content (AvgIpc) is 2.57. The van der Waals surface area contributed by atoms with Gasteiger partial charge in [0.1, 0.15) is 6.10 Å². The van der Waals surface area contributed by atoms with Crippen molar-refractivity contribution in [3.63, 3.8) is 0 Å². The fraction of sp³-hybridized carbons (Fsp3) is 0.812. The van der Waals surface area contributed by atoms with Crippen molar-refractivity contribution < 1.29 is 46.1 Å². The minimum atomic E-state index is -5.79. The van der Waals surface area contributed by atoms with E-state index in [2.05, 4.69) is 11.3 Å². The number of alkyl halides is 5. The van der Waals surface area contributed by atoms with Crippen LogP contribution in [0.5, 0.6) is 0 Å². The predicted octanol–water partition coefficient (Wildman–Crippen LogP) is 3.31. The van der Waals surface area contributed by atoms with Crippen molar-refractivity contribution >= 4 is 5.97 Å². The quantitative estimate of drug-likeness (QED) is 0.455. The molecule has 0 bridgehead atoms. The van der Waals surface area contributed by atoms with Gasteiger partial charge < -0.3 is 19.3 Å². The summed E-state index contributed by atoms with van der Waals surface area (Å²) in [5, 5.41) is 9.67. The number of aliphatic hydroxyl groups is 1. The molecule has 2 fully saturated rings. The molecule has 1 aliphatic carbocycles. The first-order valence-corrected chi connectivity index (χ1v) is 8.18. The minimum Gasteiger partial charge on any atom is -0.456 e. The van der Waals surface area contributed by atoms with Gasteiger partial charge in [-0.25, -0.2) is 4.79 Å². The lowest BCUT2D eigenvalue weighted by Gasteiger charge is -2.53. The molecule has 150 valence electrons. The van der Waals surface area contributed by atoms with Crippen molar-refractivity contribution in [2.45, 2.75) is 68.6 Å². The Hall–Kier alpha value is -1.26. The Bertz CT molecular complexity index is 546. The summed E-state index contributed by atoms with van der Waals surface area (Å²) in [6, 6.07) is 0. The first-order chi connectivity index (χ1) is 11.9. The van der Waals surface area contributed by atoms with Gasteiger partial charge in [-0.3, -0.25) is 0 Å². The molecule has 1 saturated heterocycles.